The van der Waals surface area contributed by atoms with Crippen LogP contribution in [0.3, 0.4) is 0 Å². The van der Waals surface area contributed by atoms with E-state index in [2.05, 4.69) is 9.97 Å². The number of aliphatic hydroxyl groups is 1. The summed E-state index contributed by atoms with van der Waals surface area (Å²) in [6.07, 6.45) is 2.38. The number of hydrogen-bond acceptors (Lipinski definition) is 4. The molecular weight excluding hydrogens is 204 g/mol. The molecule has 0 amide bonds. The molecule has 0 fully saturated rings. The first-order valence-corrected chi connectivity index (χ1v) is 4.91. The second kappa shape index (κ2) is 4.72. The van der Waals surface area contributed by atoms with Gasteiger partial charge in [-0.15, -0.1) is 0 Å². The number of pyridine rings is 2. The van der Waals surface area contributed by atoms with Crippen LogP contribution in [0.15, 0.2) is 42.7 Å². The predicted octanol–water partition coefficient (Wildman–Crippen LogP) is 1.57. The SMILES string of the molecule is COc1cccnc1C(O)c1ccccn1. The van der Waals surface area contributed by atoms with Gasteiger partial charge in [-0.25, -0.2) is 0 Å². The number of hydrogen-bond donors (Lipinski definition) is 1. The summed E-state index contributed by atoms with van der Waals surface area (Å²) in [5, 5.41) is 10.1. The van der Waals surface area contributed by atoms with Crippen LogP contribution in [-0.2, 0) is 0 Å². The number of methoxy groups -OCH3 is 1. The van der Waals surface area contributed by atoms with Crippen LogP contribution >= 0.6 is 0 Å². The first-order valence-electron chi connectivity index (χ1n) is 4.91. The molecule has 1 N–H and O–H groups in total. The topological polar surface area (TPSA) is 55.2 Å². The highest BCUT2D eigenvalue weighted by Gasteiger charge is 2.17. The van der Waals surface area contributed by atoms with Gasteiger partial charge in [-0.05, 0) is 24.3 Å². The van der Waals surface area contributed by atoms with Gasteiger partial charge < -0.3 is 9.84 Å². The molecule has 0 saturated heterocycles. The minimum atomic E-state index is -0.864. The molecule has 4 heteroatoms. The molecule has 82 valence electrons. The number of ether oxygens (including phenoxy) is 1. The predicted molar refractivity (Wildman–Crippen MR) is 59.1 cm³/mol. The van der Waals surface area contributed by atoms with Crippen LogP contribution in [-0.4, -0.2) is 22.2 Å². The van der Waals surface area contributed by atoms with Crippen LogP contribution in [0.4, 0.5) is 0 Å². The highest BCUT2D eigenvalue weighted by molar-refractivity contribution is 5.32. The van der Waals surface area contributed by atoms with Crippen molar-refractivity contribution < 1.29 is 9.84 Å². The van der Waals surface area contributed by atoms with E-state index in [4.69, 9.17) is 4.74 Å². The van der Waals surface area contributed by atoms with Crippen molar-refractivity contribution in [2.45, 2.75) is 6.10 Å². The van der Waals surface area contributed by atoms with E-state index in [9.17, 15) is 5.11 Å². The smallest absolute Gasteiger partial charge is 0.143 e. The lowest BCUT2D eigenvalue weighted by Gasteiger charge is -2.12. The van der Waals surface area contributed by atoms with Crippen molar-refractivity contribution in [1.29, 1.82) is 0 Å². The minimum absolute atomic E-state index is 0.476. The van der Waals surface area contributed by atoms with Crippen LogP contribution < -0.4 is 4.74 Å². The van der Waals surface area contributed by atoms with E-state index in [0.717, 1.165) is 0 Å². The summed E-state index contributed by atoms with van der Waals surface area (Å²) in [4.78, 5) is 8.20. The Labute approximate surface area is 93.6 Å². The van der Waals surface area contributed by atoms with Crippen molar-refractivity contribution in [2.75, 3.05) is 7.11 Å². The fraction of sp³-hybridized carbons (Fsp3) is 0.167. The maximum absolute atomic E-state index is 10.1. The Morgan fingerprint density at radius 3 is 2.62 bits per heavy atom. The van der Waals surface area contributed by atoms with Crippen molar-refractivity contribution in [3.8, 4) is 5.75 Å². The van der Waals surface area contributed by atoms with Gasteiger partial charge in [0.05, 0.1) is 12.8 Å². The normalized spacial score (nSPS) is 12.1. The lowest BCUT2D eigenvalue weighted by Crippen LogP contribution is -2.06. The molecule has 16 heavy (non-hydrogen) atoms. The molecule has 0 saturated carbocycles. The monoisotopic (exact) mass is 216 g/mol. The van der Waals surface area contributed by atoms with E-state index in [0.29, 0.717) is 17.1 Å². The standard InChI is InChI=1S/C12H12N2O2/c1-16-10-6-4-8-14-11(10)12(15)9-5-2-3-7-13-9/h2-8,12,15H,1H3. The first-order chi connectivity index (χ1) is 7.83. The highest BCUT2D eigenvalue weighted by Crippen LogP contribution is 2.26. The summed E-state index contributed by atoms with van der Waals surface area (Å²) in [5.41, 5.74) is 1.03. The number of nitrogens with zero attached hydrogens (tertiary/aromatic N) is 2. The van der Waals surface area contributed by atoms with E-state index in [1.165, 1.54) is 0 Å². The fourth-order valence-electron chi connectivity index (χ4n) is 1.46. The Hall–Kier alpha value is -1.94. The van der Waals surface area contributed by atoms with E-state index in [1.807, 2.05) is 6.07 Å². The van der Waals surface area contributed by atoms with Gasteiger partial charge in [-0.2, -0.15) is 0 Å². The largest absolute Gasteiger partial charge is 0.495 e. The zero-order valence-corrected chi connectivity index (χ0v) is 8.87. The third-order valence-electron chi connectivity index (χ3n) is 2.25. The van der Waals surface area contributed by atoms with Gasteiger partial charge in [0.1, 0.15) is 17.5 Å². The van der Waals surface area contributed by atoms with Crippen LogP contribution in [0.5, 0.6) is 5.75 Å². The summed E-state index contributed by atoms with van der Waals surface area (Å²) < 4.78 is 5.14. The maximum Gasteiger partial charge on any atom is 0.143 e. The molecule has 1 atom stereocenters. The minimum Gasteiger partial charge on any atom is -0.495 e. The quantitative estimate of drug-likeness (QED) is 0.846. The molecule has 0 bridgehead atoms. The van der Waals surface area contributed by atoms with Gasteiger partial charge in [-0.1, -0.05) is 6.07 Å². The molecule has 0 aliphatic heterocycles. The number of aliphatic hydroxyl groups excluding tert-OH is 1. The molecule has 0 radical (unpaired) electrons. The Balaban J connectivity index is 2.37. The van der Waals surface area contributed by atoms with Gasteiger partial charge in [0.25, 0.3) is 0 Å². The number of aromatic nitrogens is 2. The summed E-state index contributed by atoms with van der Waals surface area (Å²) in [6, 6.07) is 8.88. The molecular formula is C12H12N2O2. The lowest BCUT2D eigenvalue weighted by molar-refractivity contribution is 0.204. The second-order valence-corrected chi connectivity index (χ2v) is 3.25. The van der Waals surface area contributed by atoms with E-state index in [1.54, 1.807) is 43.8 Å². The zero-order valence-electron chi connectivity index (χ0n) is 8.87. The average Bonchev–Trinajstić information content (AvgIpc) is 2.39. The molecule has 4 nitrogen and oxygen atoms in total. The van der Waals surface area contributed by atoms with E-state index in [-0.39, 0.29) is 0 Å². The molecule has 2 aromatic heterocycles. The first kappa shape index (κ1) is 10.6. The van der Waals surface area contributed by atoms with Gasteiger partial charge in [0.15, 0.2) is 0 Å². The lowest BCUT2D eigenvalue weighted by atomic mass is 10.1. The molecule has 0 spiro atoms. The van der Waals surface area contributed by atoms with Crippen molar-refractivity contribution in [3.63, 3.8) is 0 Å². The van der Waals surface area contributed by atoms with Crippen LogP contribution in [0.1, 0.15) is 17.5 Å². The summed E-state index contributed by atoms with van der Waals surface area (Å²) >= 11 is 0. The van der Waals surface area contributed by atoms with Crippen LogP contribution in [0.2, 0.25) is 0 Å². The van der Waals surface area contributed by atoms with Crippen molar-refractivity contribution >= 4 is 0 Å². The molecule has 2 aromatic rings. The molecule has 0 aromatic carbocycles. The molecule has 2 rings (SSSR count). The third kappa shape index (κ3) is 2.01. The van der Waals surface area contributed by atoms with Crippen molar-refractivity contribution in [2.24, 2.45) is 0 Å². The molecule has 0 aliphatic carbocycles. The summed E-state index contributed by atoms with van der Waals surface area (Å²) in [6.45, 7) is 0. The maximum atomic E-state index is 10.1. The molecule has 2 heterocycles. The Morgan fingerprint density at radius 1 is 1.12 bits per heavy atom. The zero-order chi connectivity index (χ0) is 11.4. The van der Waals surface area contributed by atoms with Crippen molar-refractivity contribution in [3.05, 3.63) is 54.1 Å². The number of rotatable bonds is 3. The third-order valence-corrected chi connectivity index (χ3v) is 2.25. The Bertz CT molecular complexity index is 460. The molecule has 1 unspecified atom stereocenters. The van der Waals surface area contributed by atoms with Gasteiger partial charge in [-0.3, -0.25) is 9.97 Å². The van der Waals surface area contributed by atoms with E-state index >= 15 is 0 Å². The molecule has 0 aliphatic rings. The Morgan fingerprint density at radius 2 is 1.94 bits per heavy atom. The van der Waals surface area contributed by atoms with Crippen LogP contribution in [0.25, 0.3) is 0 Å². The van der Waals surface area contributed by atoms with Crippen molar-refractivity contribution in [1.82, 2.24) is 9.97 Å². The second-order valence-electron chi connectivity index (χ2n) is 3.25. The van der Waals surface area contributed by atoms with Crippen LogP contribution in [0, 0.1) is 0 Å². The fourth-order valence-corrected chi connectivity index (χ4v) is 1.46. The highest BCUT2D eigenvalue weighted by atomic mass is 16.5. The summed E-state index contributed by atoms with van der Waals surface area (Å²) in [5.74, 6) is 0.556. The van der Waals surface area contributed by atoms with Gasteiger partial charge in [0, 0.05) is 12.4 Å². The average molecular weight is 216 g/mol. The van der Waals surface area contributed by atoms with Gasteiger partial charge in [0.2, 0.25) is 0 Å². The van der Waals surface area contributed by atoms with E-state index < -0.39 is 6.10 Å². The summed E-state index contributed by atoms with van der Waals surface area (Å²) in [7, 11) is 1.55. The Kier molecular flexibility index (Phi) is 3.12. The van der Waals surface area contributed by atoms with Gasteiger partial charge >= 0.3 is 0 Å².